The van der Waals surface area contributed by atoms with Crippen molar-refractivity contribution in [3.05, 3.63) is 24.0 Å². The second-order valence-electron chi connectivity index (χ2n) is 2.34. The highest BCUT2D eigenvalue weighted by Gasteiger charge is 2.04. The highest BCUT2D eigenvalue weighted by Crippen LogP contribution is 2.05. The second-order valence-corrected chi connectivity index (χ2v) is 2.34. The number of aromatic nitrogens is 1. The molecule has 1 amide bonds. The van der Waals surface area contributed by atoms with Gasteiger partial charge in [-0.15, -0.1) is 6.42 Å². The van der Waals surface area contributed by atoms with Gasteiger partial charge in [-0.1, -0.05) is 0 Å². The molecule has 1 heterocycles. The summed E-state index contributed by atoms with van der Waals surface area (Å²) in [4.78, 5) is 24.7. The standard InChI is InChI=1S/C9H6N2O3/c1-2-8(12)11-6-3-4-7(9(13)14)10-5-6/h1,3-5H,(H,11,12)(H,13,14). The van der Waals surface area contributed by atoms with Crippen LogP contribution in [-0.4, -0.2) is 22.0 Å². The van der Waals surface area contributed by atoms with Crippen LogP contribution < -0.4 is 5.32 Å². The van der Waals surface area contributed by atoms with Gasteiger partial charge in [0.15, 0.2) is 0 Å². The van der Waals surface area contributed by atoms with Gasteiger partial charge in [-0.2, -0.15) is 0 Å². The lowest BCUT2D eigenvalue weighted by Gasteiger charge is -1.99. The normalized spacial score (nSPS) is 8.79. The fraction of sp³-hybridized carbons (Fsp3) is 0. The molecule has 1 rings (SSSR count). The number of nitrogens with one attached hydrogen (secondary N) is 1. The van der Waals surface area contributed by atoms with E-state index in [1.165, 1.54) is 18.3 Å². The number of carboxylic acids is 1. The van der Waals surface area contributed by atoms with Crippen LogP contribution >= 0.6 is 0 Å². The van der Waals surface area contributed by atoms with E-state index in [1.54, 1.807) is 0 Å². The number of hydrogen-bond acceptors (Lipinski definition) is 3. The van der Waals surface area contributed by atoms with E-state index in [2.05, 4.69) is 10.3 Å². The number of hydrogen-bond donors (Lipinski definition) is 2. The summed E-state index contributed by atoms with van der Waals surface area (Å²) in [5.41, 5.74) is 0.265. The number of terminal acetylenes is 1. The summed E-state index contributed by atoms with van der Waals surface area (Å²) < 4.78 is 0. The summed E-state index contributed by atoms with van der Waals surface area (Å²) >= 11 is 0. The van der Waals surface area contributed by atoms with E-state index in [0.717, 1.165) is 0 Å². The van der Waals surface area contributed by atoms with Gasteiger partial charge in [0.25, 0.3) is 5.91 Å². The van der Waals surface area contributed by atoms with Gasteiger partial charge in [0.2, 0.25) is 0 Å². The fourth-order valence-corrected chi connectivity index (χ4v) is 0.761. The first-order valence-corrected chi connectivity index (χ1v) is 3.60. The van der Waals surface area contributed by atoms with Crippen LogP contribution in [0, 0.1) is 12.3 Å². The molecule has 0 atom stereocenters. The maximum Gasteiger partial charge on any atom is 0.354 e. The molecule has 1 aromatic heterocycles. The van der Waals surface area contributed by atoms with Gasteiger partial charge in [0, 0.05) is 0 Å². The molecule has 0 fully saturated rings. The number of carboxylic acid groups (broad SMARTS) is 1. The molecule has 5 nitrogen and oxygen atoms in total. The first-order chi connectivity index (χ1) is 6.63. The number of carbonyl (C=O) groups is 2. The predicted molar refractivity (Wildman–Crippen MR) is 48.7 cm³/mol. The van der Waals surface area contributed by atoms with Crippen molar-refractivity contribution in [3.63, 3.8) is 0 Å². The van der Waals surface area contributed by atoms with Crippen LogP contribution in [0.15, 0.2) is 18.3 Å². The lowest BCUT2D eigenvalue weighted by molar-refractivity contribution is -0.111. The van der Waals surface area contributed by atoms with Gasteiger partial charge in [-0.25, -0.2) is 9.78 Å². The van der Waals surface area contributed by atoms with Crippen LogP contribution in [0.5, 0.6) is 0 Å². The number of aromatic carboxylic acids is 1. The Balaban J connectivity index is 2.80. The zero-order valence-corrected chi connectivity index (χ0v) is 7.02. The summed E-state index contributed by atoms with van der Waals surface area (Å²) in [7, 11) is 0. The Kier molecular flexibility index (Phi) is 2.82. The van der Waals surface area contributed by atoms with E-state index in [-0.39, 0.29) is 5.69 Å². The van der Waals surface area contributed by atoms with Crippen LogP contribution in [0.1, 0.15) is 10.5 Å². The summed E-state index contributed by atoms with van der Waals surface area (Å²) in [6, 6.07) is 2.68. The van der Waals surface area contributed by atoms with E-state index in [0.29, 0.717) is 5.69 Å². The van der Waals surface area contributed by atoms with Crippen molar-refractivity contribution < 1.29 is 14.7 Å². The number of rotatable bonds is 2. The third-order valence-corrected chi connectivity index (χ3v) is 1.37. The Hall–Kier alpha value is -2.35. The Labute approximate surface area is 79.8 Å². The smallest absolute Gasteiger partial charge is 0.354 e. The molecule has 0 aliphatic heterocycles. The van der Waals surface area contributed by atoms with Gasteiger partial charge < -0.3 is 10.4 Å². The second kappa shape index (κ2) is 4.05. The molecule has 0 saturated heterocycles. The van der Waals surface area contributed by atoms with Crippen molar-refractivity contribution in [1.82, 2.24) is 4.98 Å². The minimum absolute atomic E-state index is 0.0938. The molecule has 0 aromatic carbocycles. The number of nitrogens with zero attached hydrogens (tertiary/aromatic N) is 1. The fourth-order valence-electron chi connectivity index (χ4n) is 0.761. The number of pyridine rings is 1. The molecule has 0 spiro atoms. The van der Waals surface area contributed by atoms with Crippen molar-refractivity contribution in [2.24, 2.45) is 0 Å². The van der Waals surface area contributed by atoms with Crippen LogP contribution in [0.2, 0.25) is 0 Å². The first-order valence-electron chi connectivity index (χ1n) is 3.60. The van der Waals surface area contributed by atoms with Crippen molar-refractivity contribution in [3.8, 4) is 12.3 Å². The molecular formula is C9H6N2O3. The summed E-state index contributed by atoms with van der Waals surface area (Å²) in [6.07, 6.45) is 6.04. The lowest BCUT2D eigenvalue weighted by atomic mass is 10.3. The Morgan fingerprint density at radius 3 is 2.64 bits per heavy atom. The molecule has 0 aliphatic rings. The van der Waals surface area contributed by atoms with Gasteiger partial charge in [-0.05, 0) is 18.1 Å². The zero-order chi connectivity index (χ0) is 10.6. The molecular weight excluding hydrogens is 184 g/mol. The maximum atomic E-state index is 10.7. The lowest BCUT2D eigenvalue weighted by Crippen LogP contribution is -2.09. The number of amides is 1. The molecule has 2 N–H and O–H groups in total. The van der Waals surface area contributed by atoms with Crippen molar-refractivity contribution in [2.45, 2.75) is 0 Å². The quantitative estimate of drug-likeness (QED) is 0.659. The predicted octanol–water partition coefficient (Wildman–Crippen LogP) is 0.352. The topological polar surface area (TPSA) is 79.3 Å². The van der Waals surface area contributed by atoms with Crippen LogP contribution in [0.3, 0.4) is 0 Å². The number of carbonyl (C=O) groups excluding carboxylic acids is 1. The highest BCUT2D eigenvalue weighted by molar-refractivity contribution is 6.03. The van der Waals surface area contributed by atoms with Crippen LogP contribution in [0.25, 0.3) is 0 Å². The molecule has 1 aromatic rings. The van der Waals surface area contributed by atoms with E-state index >= 15 is 0 Å². The largest absolute Gasteiger partial charge is 0.477 e. The zero-order valence-electron chi connectivity index (χ0n) is 7.02. The van der Waals surface area contributed by atoms with Crippen molar-refractivity contribution in [2.75, 3.05) is 5.32 Å². The first kappa shape index (κ1) is 9.74. The van der Waals surface area contributed by atoms with Crippen LogP contribution in [0.4, 0.5) is 5.69 Å². The molecule has 70 valence electrons. The highest BCUT2D eigenvalue weighted by atomic mass is 16.4. The minimum atomic E-state index is -1.13. The molecule has 0 bridgehead atoms. The average Bonchev–Trinajstić information content (AvgIpc) is 2.18. The molecule has 14 heavy (non-hydrogen) atoms. The molecule has 0 unspecified atom stereocenters. The van der Waals surface area contributed by atoms with Gasteiger partial charge >= 0.3 is 5.97 Å². The Morgan fingerprint density at radius 2 is 2.21 bits per heavy atom. The third kappa shape index (κ3) is 2.32. The van der Waals surface area contributed by atoms with Crippen LogP contribution in [-0.2, 0) is 4.79 Å². The average molecular weight is 190 g/mol. The van der Waals surface area contributed by atoms with Gasteiger partial charge in [0.05, 0.1) is 11.9 Å². The molecule has 0 aliphatic carbocycles. The number of anilines is 1. The minimum Gasteiger partial charge on any atom is -0.477 e. The van der Waals surface area contributed by atoms with Crippen molar-refractivity contribution in [1.29, 1.82) is 0 Å². The van der Waals surface area contributed by atoms with Crippen molar-refractivity contribution >= 4 is 17.6 Å². The van der Waals surface area contributed by atoms with E-state index < -0.39 is 11.9 Å². The third-order valence-electron chi connectivity index (χ3n) is 1.37. The summed E-state index contributed by atoms with van der Waals surface area (Å²) in [5, 5.41) is 10.8. The SMILES string of the molecule is C#CC(=O)Nc1ccc(C(=O)O)nc1. The van der Waals surface area contributed by atoms with E-state index in [1.807, 2.05) is 5.92 Å². The summed E-state index contributed by atoms with van der Waals surface area (Å²) in [5.74, 6) is 0.130. The van der Waals surface area contributed by atoms with Gasteiger partial charge in [0.1, 0.15) is 5.69 Å². The summed E-state index contributed by atoms with van der Waals surface area (Å²) in [6.45, 7) is 0. The molecule has 0 radical (unpaired) electrons. The maximum absolute atomic E-state index is 10.7. The molecule has 0 saturated carbocycles. The molecule has 5 heteroatoms. The Morgan fingerprint density at radius 1 is 1.50 bits per heavy atom. The van der Waals surface area contributed by atoms with E-state index in [9.17, 15) is 9.59 Å². The van der Waals surface area contributed by atoms with Gasteiger partial charge in [-0.3, -0.25) is 4.79 Å². The monoisotopic (exact) mass is 190 g/mol. The Bertz CT molecular complexity index is 403. The van der Waals surface area contributed by atoms with E-state index in [4.69, 9.17) is 11.5 Å².